The van der Waals surface area contributed by atoms with Gasteiger partial charge < -0.3 is 15.4 Å². The van der Waals surface area contributed by atoms with Gasteiger partial charge in [0.15, 0.2) is 0 Å². The third kappa shape index (κ3) is 3.72. The van der Waals surface area contributed by atoms with Gasteiger partial charge in [0.25, 0.3) is 0 Å². The van der Waals surface area contributed by atoms with E-state index in [0.29, 0.717) is 18.6 Å². The quantitative estimate of drug-likeness (QED) is 0.716. The Morgan fingerprint density at radius 3 is 2.80 bits per heavy atom. The molecule has 15 heavy (non-hydrogen) atoms. The van der Waals surface area contributed by atoms with E-state index < -0.39 is 0 Å². The second-order valence-corrected chi connectivity index (χ2v) is 4.55. The predicted octanol–water partition coefficient (Wildman–Crippen LogP) is -0.0139. The summed E-state index contributed by atoms with van der Waals surface area (Å²) >= 11 is 0. The molecule has 1 fully saturated rings. The molecular formula is C11H25N3O. The zero-order valence-electron chi connectivity index (χ0n) is 10.3. The molecule has 1 heterocycles. The van der Waals surface area contributed by atoms with Gasteiger partial charge in [0.2, 0.25) is 0 Å². The monoisotopic (exact) mass is 215 g/mol. The molecule has 2 N–H and O–H groups in total. The smallest absolute Gasteiger partial charge is 0.0630 e. The van der Waals surface area contributed by atoms with Crippen LogP contribution in [0.3, 0.4) is 0 Å². The van der Waals surface area contributed by atoms with E-state index in [4.69, 9.17) is 10.5 Å². The summed E-state index contributed by atoms with van der Waals surface area (Å²) in [5.41, 5.74) is 5.80. The summed E-state index contributed by atoms with van der Waals surface area (Å²) in [5, 5.41) is 0. The highest BCUT2D eigenvalue weighted by Crippen LogP contribution is 2.12. The van der Waals surface area contributed by atoms with Crippen LogP contribution < -0.4 is 5.73 Å². The van der Waals surface area contributed by atoms with Gasteiger partial charge in [-0.15, -0.1) is 0 Å². The van der Waals surface area contributed by atoms with E-state index >= 15 is 0 Å². The molecule has 1 aliphatic heterocycles. The first-order valence-electron chi connectivity index (χ1n) is 5.82. The Morgan fingerprint density at radius 1 is 1.47 bits per heavy atom. The van der Waals surface area contributed by atoms with Crippen molar-refractivity contribution in [3.63, 3.8) is 0 Å². The maximum Gasteiger partial charge on any atom is 0.0630 e. The topological polar surface area (TPSA) is 41.7 Å². The SMILES string of the molecule is COCC(CN)N1CCCN(C)CC1C. The Balaban J connectivity index is 2.56. The number of nitrogens with zero attached hydrogens (tertiary/aromatic N) is 2. The normalized spacial score (nSPS) is 27.6. The molecule has 2 atom stereocenters. The van der Waals surface area contributed by atoms with Gasteiger partial charge >= 0.3 is 0 Å². The van der Waals surface area contributed by atoms with E-state index in [1.165, 1.54) is 13.0 Å². The number of hydrogen-bond donors (Lipinski definition) is 1. The predicted molar refractivity (Wildman–Crippen MR) is 63.0 cm³/mol. The minimum atomic E-state index is 0.372. The van der Waals surface area contributed by atoms with Gasteiger partial charge in [-0.2, -0.15) is 0 Å². The summed E-state index contributed by atoms with van der Waals surface area (Å²) in [6, 6.07) is 0.942. The molecule has 0 aliphatic carbocycles. The van der Waals surface area contributed by atoms with Crippen molar-refractivity contribution in [2.24, 2.45) is 5.73 Å². The van der Waals surface area contributed by atoms with Crippen molar-refractivity contribution in [3.05, 3.63) is 0 Å². The number of nitrogens with two attached hydrogens (primary N) is 1. The molecule has 0 saturated carbocycles. The van der Waals surface area contributed by atoms with E-state index in [9.17, 15) is 0 Å². The van der Waals surface area contributed by atoms with Crippen LogP contribution in [0, 0.1) is 0 Å². The van der Waals surface area contributed by atoms with E-state index in [2.05, 4.69) is 23.8 Å². The number of hydrogen-bond acceptors (Lipinski definition) is 4. The van der Waals surface area contributed by atoms with E-state index in [1.54, 1.807) is 7.11 Å². The largest absolute Gasteiger partial charge is 0.383 e. The number of rotatable bonds is 4. The fourth-order valence-corrected chi connectivity index (χ4v) is 2.42. The van der Waals surface area contributed by atoms with Gasteiger partial charge in [-0.05, 0) is 26.9 Å². The molecule has 0 radical (unpaired) electrons. The van der Waals surface area contributed by atoms with Gasteiger partial charge in [-0.25, -0.2) is 0 Å². The highest BCUT2D eigenvalue weighted by atomic mass is 16.5. The molecule has 0 aromatic heterocycles. The zero-order chi connectivity index (χ0) is 11.3. The third-order valence-electron chi connectivity index (χ3n) is 3.20. The minimum absolute atomic E-state index is 0.372. The third-order valence-corrected chi connectivity index (χ3v) is 3.20. The maximum absolute atomic E-state index is 5.80. The van der Waals surface area contributed by atoms with Crippen LogP contribution in [0.4, 0.5) is 0 Å². The van der Waals surface area contributed by atoms with Gasteiger partial charge in [0, 0.05) is 38.8 Å². The van der Waals surface area contributed by atoms with Crippen molar-refractivity contribution in [1.82, 2.24) is 9.80 Å². The van der Waals surface area contributed by atoms with E-state index in [0.717, 1.165) is 19.7 Å². The molecule has 1 rings (SSSR count). The highest BCUT2D eigenvalue weighted by Gasteiger charge is 2.25. The fourth-order valence-electron chi connectivity index (χ4n) is 2.42. The molecule has 1 saturated heterocycles. The van der Waals surface area contributed by atoms with Crippen LogP contribution in [0.5, 0.6) is 0 Å². The minimum Gasteiger partial charge on any atom is -0.383 e. The molecule has 4 nitrogen and oxygen atoms in total. The first-order chi connectivity index (χ1) is 7.19. The Morgan fingerprint density at radius 2 is 2.20 bits per heavy atom. The van der Waals surface area contributed by atoms with Gasteiger partial charge in [-0.1, -0.05) is 0 Å². The summed E-state index contributed by atoms with van der Waals surface area (Å²) in [6.07, 6.45) is 1.22. The standard InChI is InChI=1S/C11H25N3O/c1-10-8-13(2)5-4-6-14(10)11(7-12)9-15-3/h10-11H,4-9,12H2,1-3H3. The molecule has 0 spiro atoms. The van der Waals surface area contributed by atoms with Crippen molar-refractivity contribution in [3.8, 4) is 0 Å². The molecular weight excluding hydrogens is 190 g/mol. The van der Waals surface area contributed by atoms with Crippen LogP contribution in [0.15, 0.2) is 0 Å². The number of methoxy groups -OCH3 is 1. The average molecular weight is 215 g/mol. The van der Waals surface area contributed by atoms with Gasteiger partial charge in [0.1, 0.15) is 0 Å². The zero-order valence-corrected chi connectivity index (χ0v) is 10.3. The Kier molecular flexibility index (Phi) is 5.53. The van der Waals surface area contributed by atoms with Gasteiger partial charge in [-0.3, -0.25) is 4.90 Å². The van der Waals surface area contributed by atoms with Crippen molar-refractivity contribution in [2.75, 3.05) is 46.9 Å². The van der Waals surface area contributed by atoms with Crippen LogP contribution in [0.25, 0.3) is 0 Å². The molecule has 90 valence electrons. The van der Waals surface area contributed by atoms with Crippen molar-refractivity contribution >= 4 is 0 Å². The summed E-state index contributed by atoms with van der Waals surface area (Å²) in [7, 11) is 3.94. The second kappa shape index (κ2) is 6.43. The lowest BCUT2D eigenvalue weighted by Crippen LogP contribution is -2.49. The Labute approximate surface area is 93.4 Å². The molecule has 1 aliphatic rings. The first-order valence-corrected chi connectivity index (χ1v) is 5.82. The van der Waals surface area contributed by atoms with Crippen molar-refractivity contribution < 1.29 is 4.74 Å². The summed E-state index contributed by atoms with van der Waals surface area (Å²) < 4.78 is 5.23. The fraction of sp³-hybridized carbons (Fsp3) is 1.00. The number of likely N-dealkylation sites (N-methyl/N-ethyl adjacent to an activating group) is 1. The van der Waals surface area contributed by atoms with Crippen molar-refractivity contribution in [1.29, 1.82) is 0 Å². The molecule has 0 bridgehead atoms. The molecule has 0 aromatic rings. The van der Waals surface area contributed by atoms with Crippen LogP contribution in [-0.2, 0) is 4.74 Å². The lowest BCUT2D eigenvalue weighted by molar-refractivity contribution is 0.0707. The van der Waals surface area contributed by atoms with Crippen LogP contribution in [-0.4, -0.2) is 68.8 Å². The lowest BCUT2D eigenvalue weighted by Gasteiger charge is -2.34. The summed E-state index contributed by atoms with van der Waals surface area (Å²) in [6.45, 7) is 7.15. The van der Waals surface area contributed by atoms with Gasteiger partial charge in [0.05, 0.1) is 6.61 Å². The molecule has 2 unspecified atom stereocenters. The Hall–Kier alpha value is -0.160. The van der Waals surface area contributed by atoms with Crippen LogP contribution in [0.1, 0.15) is 13.3 Å². The summed E-state index contributed by atoms with van der Waals surface area (Å²) in [5.74, 6) is 0. The molecule has 0 aromatic carbocycles. The first kappa shape index (κ1) is 12.9. The van der Waals surface area contributed by atoms with Crippen LogP contribution in [0.2, 0.25) is 0 Å². The maximum atomic E-state index is 5.80. The van der Waals surface area contributed by atoms with E-state index in [1.807, 2.05) is 0 Å². The lowest BCUT2D eigenvalue weighted by atomic mass is 10.2. The number of ether oxygens (including phenoxy) is 1. The summed E-state index contributed by atoms with van der Waals surface area (Å²) in [4.78, 5) is 4.89. The second-order valence-electron chi connectivity index (χ2n) is 4.55. The van der Waals surface area contributed by atoms with E-state index in [-0.39, 0.29) is 0 Å². The molecule has 0 amide bonds. The van der Waals surface area contributed by atoms with Crippen molar-refractivity contribution in [2.45, 2.75) is 25.4 Å². The Bertz CT molecular complexity index is 177. The van der Waals surface area contributed by atoms with Crippen LogP contribution >= 0.6 is 0 Å². The highest BCUT2D eigenvalue weighted by molar-refractivity contribution is 4.81. The average Bonchev–Trinajstić information content (AvgIpc) is 2.36. The molecule has 4 heteroatoms.